The van der Waals surface area contributed by atoms with Crippen LogP contribution in [0.1, 0.15) is 0 Å². The highest BCUT2D eigenvalue weighted by Gasteiger charge is 2.41. The molecule has 288 valence electrons. The molecule has 0 aliphatic heterocycles. The Labute approximate surface area is 357 Å². The summed E-state index contributed by atoms with van der Waals surface area (Å²) in [6.07, 6.45) is 0. The lowest BCUT2D eigenvalue weighted by molar-refractivity contribution is 1.18. The molecule has 0 saturated heterocycles. The predicted octanol–water partition coefficient (Wildman–Crippen LogP) is 12.5. The third kappa shape index (κ3) is 6.26. The highest BCUT2D eigenvalue weighted by atomic mass is 28.3. The first-order chi connectivity index (χ1) is 30.3. The van der Waals surface area contributed by atoms with Crippen LogP contribution in [0.25, 0.3) is 49.4 Å². The quantitative estimate of drug-likeness (QED) is 0.104. The molecule has 0 N–H and O–H groups in total. The molecule has 3 heteroatoms. The maximum atomic E-state index is 2.44. The summed E-state index contributed by atoms with van der Waals surface area (Å²) in [6, 6.07) is 93.6. The Morgan fingerprint density at radius 3 is 1.43 bits per heavy atom. The summed E-state index contributed by atoms with van der Waals surface area (Å²) in [5.74, 6) is 0. The van der Waals surface area contributed by atoms with Crippen molar-refractivity contribution in [2.45, 2.75) is 0 Å². The molecule has 0 spiro atoms. The van der Waals surface area contributed by atoms with E-state index in [-0.39, 0.29) is 0 Å². The summed E-state index contributed by atoms with van der Waals surface area (Å²) < 4.78 is 2.44. The van der Waals surface area contributed by atoms with Gasteiger partial charge in [0.1, 0.15) is 0 Å². The van der Waals surface area contributed by atoms with Crippen LogP contribution in [0.2, 0.25) is 0 Å². The smallest absolute Gasteiger partial charge is 0.179 e. The van der Waals surface area contributed by atoms with Crippen LogP contribution in [0, 0.1) is 0 Å². The van der Waals surface area contributed by atoms with Gasteiger partial charge in [-0.3, -0.25) is 0 Å². The zero-order valence-corrected chi connectivity index (χ0v) is 34.6. The van der Waals surface area contributed by atoms with Crippen LogP contribution in [-0.2, 0) is 0 Å². The number of anilines is 3. The zero-order chi connectivity index (χ0) is 40.6. The minimum absolute atomic E-state index is 1.09. The van der Waals surface area contributed by atoms with Crippen LogP contribution < -0.4 is 25.6 Å². The number of para-hydroxylation sites is 1. The molecule has 0 bridgehead atoms. The molecule has 0 aliphatic carbocycles. The molecule has 0 amide bonds. The molecule has 0 atom stereocenters. The monoisotopic (exact) mass is 794 g/mol. The van der Waals surface area contributed by atoms with E-state index in [0.29, 0.717) is 0 Å². The van der Waals surface area contributed by atoms with Gasteiger partial charge < -0.3 is 9.47 Å². The summed E-state index contributed by atoms with van der Waals surface area (Å²) in [4.78, 5) is 2.40. The van der Waals surface area contributed by atoms with Gasteiger partial charge >= 0.3 is 0 Å². The molecule has 2 nitrogen and oxygen atoms in total. The highest BCUT2D eigenvalue weighted by Crippen LogP contribution is 2.40. The maximum absolute atomic E-state index is 2.69. The Morgan fingerprint density at radius 1 is 0.311 bits per heavy atom. The van der Waals surface area contributed by atoms with Crippen molar-refractivity contribution in [3.05, 3.63) is 255 Å². The molecule has 1 heterocycles. The fourth-order valence-electron chi connectivity index (χ4n) is 9.58. The van der Waals surface area contributed by atoms with Crippen LogP contribution in [0.3, 0.4) is 0 Å². The van der Waals surface area contributed by atoms with Gasteiger partial charge in [-0.25, -0.2) is 0 Å². The lowest BCUT2D eigenvalue weighted by Crippen LogP contribution is -2.74. The van der Waals surface area contributed by atoms with Crippen molar-refractivity contribution in [2.24, 2.45) is 0 Å². The van der Waals surface area contributed by atoms with Gasteiger partial charge in [0.15, 0.2) is 8.07 Å². The Balaban J connectivity index is 1.09. The van der Waals surface area contributed by atoms with Crippen LogP contribution in [0.15, 0.2) is 255 Å². The third-order valence-corrected chi connectivity index (χ3v) is 17.1. The molecular formula is C58H42N2Si. The van der Waals surface area contributed by atoms with E-state index in [1.165, 1.54) is 64.5 Å². The van der Waals surface area contributed by atoms with E-state index >= 15 is 0 Å². The van der Waals surface area contributed by atoms with Crippen LogP contribution >= 0.6 is 0 Å². The summed E-state index contributed by atoms with van der Waals surface area (Å²) in [5, 5.41) is 10.4. The Bertz CT molecular complexity index is 3170. The normalized spacial score (nSPS) is 11.6. The van der Waals surface area contributed by atoms with Gasteiger partial charge in [-0.05, 0) is 91.9 Å². The van der Waals surface area contributed by atoms with E-state index < -0.39 is 8.07 Å². The van der Waals surface area contributed by atoms with Gasteiger partial charge in [0.25, 0.3) is 0 Å². The molecular weight excluding hydrogens is 753 g/mol. The van der Waals surface area contributed by atoms with Gasteiger partial charge in [-0.15, -0.1) is 0 Å². The second-order valence-corrected chi connectivity index (χ2v) is 19.5. The van der Waals surface area contributed by atoms with E-state index in [2.05, 4.69) is 264 Å². The molecule has 61 heavy (non-hydrogen) atoms. The minimum Gasteiger partial charge on any atom is -0.310 e. The molecule has 0 radical (unpaired) electrons. The van der Waals surface area contributed by atoms with Crippen LogP contribution in [0.5, 0.6) is 0 Å². The fraction of sp³-hybridized carbons (Fsp3) is 0. The van der Waals surface area contributed by atoms with Crippen molar-refractivity contribution in [3.63, 3.8) is 0 Å². The summed E-state index contributed by atoms with van der Waals surface area (Å²) in [5.41, 5.74) is 9.22. The van der Waals surface area contributed by atoms with Crippen molar-refractivity contribution < 1.29 is 0 Å². The molecule has 0 saturated carbocycles. The Morgan fingerprint density at radius 2 is 0.803 bits per heavy atom. The van der Waals surface area contributed by atoms with Crippen LogP contribution in [-0.4, -0.2) is 12.6 Å². The molecule has 0 unspecified atom stereocenters. The van der Waals surface area contributed by atoms with E-state index in [9.17, 15) is 0 Å². The van der Waals surface area contributed by atoms with Crippen molar-refractivity contribution >= 4 is 78.5 Å². The molecule has 1 aromatic heterocycles. The largest absolute Gasteiger partial charge is 0.310 e. The SMILES string of the molecule is c1ccc(-c2cccc(N(c3ccc(-n4c5ccccc5c5ccc6ccccc6c54)cc3)c3ccc([Si](c4ccccc4)(c4ccccc4)c4ccccc4)cc3)c2)cc1. The van der Waals surface area contributed by atoms with E-state index in [4.69, 9.17) is 0 Å². The van der Waals surface area contributed by atoms with E-state index in [1.54, 1.807) is 0 Å². The lowest BCUT2D eigenvalue weighted by Gasteiger charge is -2.35. The number of rotatable bonds is 9. The lowest BCUT2D eigenvalue weighted by atomic mass is 10.0. The zero-order valence-electron chi connectivity index (χ0n) is 33.6. The first kappa shape index (κ1) is 36.4. The maximum Gasteiger partial charge on any atom is 0.179 e. The van der Waals surface area contributed by atoms with Gasteiger partial charge in [0.2, 0.25) is 0 Å². The average Bonchev–Trinajstić information content (AvgIpc) is 3.69. The summed E-state index contributed by atoms with van der Waals surface area (Å²) in [7, 11) is -2.69. The fourth-order valence-corrected chi connectivity index (χ4v) is 14.3. The molecule has 11 rings (SSSR count). The Hall–Kier alpha value is -7.72. The number of hydrogen-bond acceptors (Lipinski definition) is 1. The highest BCUT2D eigenvalue weighted by molar-refractivity contribution is 7.19. The topological polar surface area (TPSA) is 8.17 Å². The van der Waals surface area contributed by atoms with Gasteiger partial charge in [-0.2, -0.15) is 0 Å². The molecule has 11 aromatic rings. The van der Waals surface area contributed by atoms with Crippen molar-refractivity contribution in [2.75, 3.05) is 4.90 Å². The predicted molar refractivity (Wildman–Crippen MR) is 262 cm³/mol. The average molecular weight is 795 g/mol. The molecule has 10 aromatic carbocycles. The van der Waals surface area contributed by atoms with Gasteiger partial charge in [-0.1, -0.05) is 200 Å². The first-order valence-corrected chi connectivity index (χ1v) is 23.0. The van der Waals surface area contributed by atoms with Crippen molar-refractivity contribution in [3.8, 4) is 16.8 Å². The number of fused-ring (bicyclic) bond motifs is 5. The summed E-state index contributed by atoms with van der Waals surface area (Å²) in [6.45, 7) is 0. The first-order valence-electron chi connectivity index (χ1n) is 21.0. The minimum atomic E-state index is -2.69. The number of nitrogens with zero attached hydrogens (tertiary/aromatic N) is 2. The van der Waals surface area contributed by atoms with Gasteiger partial charge in [0, 0.05) is 38.9 Å². The van der Waals surface area contributed by atoms with E-state index in [1.807, 2.05) is 0 Å². The second kappa shape index (κ2) is 15.5. The van der Waals surface area contributed by atoms with Crippen LogP contribution in [0.4, 0.5) is 17.1 Å². The standard InChI is InChI=1S/C58H42N2Si/c1-5-18-43(19-6-1)45-21-17-22-49(42-45)59(46-33-35-48(36-34-46)60-57-31-16-15-30-55(57)56-41-32-44-20-13-14-29-54(44)58(56)60)47-37-39-53(40-38-47)61(50-23-7-2-8-24-50,51-25-9-3-10-26-51)52-27-11-4-12-28-52/h1-42H. The molecule has 0 fully saturated rings. The second-order valence-electron chi connectivity index (χ2n) is 15.7. The third-order valence-electron chi connectivity index (χ3n) is 12.3. The number of aromatic nitrogens is 1. The number of hydrogen-bond donors (Lipinski definition) is 0. The van der Waals surface area contributed by atoms with Crippen molar-refractivity contribution in [1.82, 2.24) is 4.57 Å². The number of benzene rings is 10. The molecule has 0 aliphatic rings. The summed E-state index contributed by atoms with van der Waals surface area (Å²) >= 11 is 0. The van der Waals surface area contributed by atoms with Gasteiger partial charge in [0.05, 0.1) is 11.0 Å². The van der Waals surface area contributed by atoms with E-state index in [0.717, 1.165) is 22.7 Å². The Kier molecular flexibility index (Phi) is 9.22. The van der Waals surface area contributed by atoms with Crippen molar-refractivity contribution in [1.29, 1.82) is 0 Å².